The van der Waals surface area contributed by atoms with Gasteiger partial charge in [-0.15, -0.1) is 0 Å². The Labute approximate surface area is 99.7 Å². The molecular weight excluding hydrogens is 192 g/mol. The maximum atomic E-state index is 2.30. The summed E-state index contributed by atoms with van der Waals surface area (Å²) in [6.07, 6.45) is 6.65. The third kappa shape index (κ3) is 4.97. The van der Waals surface area contributed by atoms with Crippen molar-refractivity contribution in [1.29, 1.82) is 0 Å². The first kappa shape index (κ1) is 12.8. The Bertz CT molecular complexity index is 351. The number of hydrogen-bond donors (Lipinski definition) is 0. The number of hydrogen-bond acceptors (Lipinski definition) is 0. The van der Waals surface area contributed by atoms with Crippen LogP contribution in [-0.2, 0) is 12.8 Å². The Kier molecular flexibility index (Phi) is 5.04. The van der Waals surface area contributed by atoms with Crippen molar-refractivity contribution < 1.29 is 0 Å². The molecule has 0 saturated carbocycles. The Hall–Kier alpha value is -1.30. The highest BCUT2D eigenvalue weighted by atomic mass is 14.0. The third-order valence-electron chi connectivity index (χ3n) is 2.48. The lowest BCUT2D eigenvalue weighted by molar-refractivity contribution is 1.16. The predicted molar refractivity (Wildman–Crippen MR) is 72.7 cm³/mol. The first-order valence-electron chi connectivity index (χ1n) is 5.92. The topological polar surface area (TPSA) is 0 Å². The maximum Gasteiger partial charge on any atom is -0.00949 e. The second-order valence-corrected chi connectivity index (χ2v) is 4.79. The lowest BCUT2D eigenvalue weighted by Gasteiger charge is -2.02. The molecule has 0 heterocycles. The van der Waals surface area contributed by atoms with E-state index in [1.54, 1.807) is 0 Å². The van der Waals surface area contributed by atoms with Crippen LogP contribution in [0, 0.1) is 0 Å². The van der Waals surface area contributed by atoms with Crippen molar-refractivity contribution >= 4 is 0 Å². The van der Waals surface area contributed by atoms with E-state index in [0.717, 1.165) is 12.8 Å². The van der Waals surface area contributed by atoms with Gasteiger partial charge in [-0.25, -0.2) is 0 Å². The van der Waals surface area contributed by atoms with E-state index in [1.807, 2.05) is 0 Å². The van der Waals surface area contributed by atoms with E-state index in [2.05, 4.69) is 64.1 Å². The Balaban J connectivity index is 2.71. The first-order chi connectivity index (χ1) is 7.58. The van der Waals surface area contributed by atoms with Crippen LogP contribution in [0.15, 0.2) is 47.6 Å². The zero-order valence-corrected chi connectivity index (χ0v) is 10.9. The van der Waals surface area contributed by atoms with E-state index >= 15 is 0 Å². The van der Waals surface area contributed by atoms with Gasteiger partial charge >= 0.3 is 0 Å². The standard InChI is InChI=1S/C16H22/c1-13(2)8-10-15-6-5-7-16(12-15)11-9-14(3)4/h5-9,12H,10-11H2,1-4H3. The Morgan fingerprint density at radius 1 is 0.875 bits per heavy atom. The van der Waals surface area contributed by atoms with Gasteiger partial charge in [-0.3, -0.25) is 0 Å². The second kappa shape index (κ2) is 6.32. The maximum absolute atomic E-state index is 2.30. The number of rotatable bonds is 4. The van der Waals surface area contributed by atoms with E-state index in [9.17, 15) is 0 Å². The largest absolute Gasteiger partial charge is 0.0815 e. The molecule has 0 aliphatic heterocycles. The van der Waals surface area contributed by atoms with E-state index in [1.165, 1.54) is 22.3 Å². The molecule has 1 aromatic rings. The molecular formula is C16H22. The molecule has 0 fully saturated rings. The van der Waals surface area contributed by atoms with Crippen LogP contribution < -0.4 is 0 Å². The summed E-state index contributed by atoms with van der Waals surface area (Å²) in [4.78, 5) is 0. The zero-order valence-electron chi connectivity index (χ0n) is 10.9. The molecule has 0 nitrogen and oxygen atoms in total. The van der Waals surface area contributed by atoms with Crippen LogP contribution in [0.5, 0.6) is 0 Å². The molecule has 0 radical (unpaired) electrons. The smallest absolute Gasteiger partial charge is 0.00949 e. The summed E-state index contributed by atoms with van der Waals surface area (Å²) in [5, 5.41) is 0. The average molecular weight is 214 g/mol. The highest BCUT2D eigenvalue weighted by Crippen LogP contribution is 2.09. The molecule has 0 saturated heterocycles. The SMILES string of the molecule is CC(C)=CCc1cccc(CC=C(C)C)c1. The molecule has 0 aromatic heterocycles. The summed E-state index contributed by atoms with van der Waals surface area (Å²) < 4.78 is 0. The lowest BCUT2D eigenvalue weighted by Crippen LogP contribution is -1.87. The normalized spacial score (nSPS) is 9.75. The highest BCUT2D eigenvalue weighted by Gasteiger charge is 1.93. The fourth-order valence-electron chi connectivity index (χ4n) is 1.53. The van der Waals surface area contributed by atoms with Crippen LogP contribution >= 0.6 is 0 Å². The van der Waals surface area contributed by atoms with Crippen LogP contribution in [-0.4, -0.2) is 0 Å². The molecule has 0 atom stereocenters. The lowest BCUT2D eigenvalue weighted by atomic mass is 10.0. The van der Waals surface area contributed by atoms with Gasteiger partial charge in [-0.1, -0.05) is 47.6 Å². The van der Waals surface area contributed by atoms with Gasteiger partial charge in [0.1, 0.15) is 0 Å². The average Bonchev–Trinajstić information content (AvgIpc) is 2.24. The van der Waals surface area contributed by atoms with Gasteiger partial charge in [0, 0.05) is 0 Å². The summed E-state index contributed by atoms with van der Waals surface area (Å²) in [5.41, 5.74) is 5.58. The van der Waals surface area contributed by atoms with Gasteiger partial charge in [-0.05, 0) is 51.7 Å². The molecule has 0 bridgehead atoms. The number of allylic oxidation sites excluding steroid dienone is 4. The van der Waals surface area contributed by atoms with Crippen molar-refractivity contribution in [3.63, 3.8) is 0 Å². The minimum atomic E-state index is 1.05. The van der Waals surface area contributed by atoms with E-state index in [0.29, 0.717) is 0 Å². The van der Waals surface area contributed by atoms with Crippen molar-refractivity contribution in [2.24, 2.45) is 0 Å². The molecule has 16 heavy (non-hydrogen) atoms. The molecule has 0 unspecified atom stereocenters. The molecule has 0 aliphatic carbocycles. The Morgan fingerprint density at radius 2 is 1.31 bits per heavy atom. The molecule has 1 rings (SSSR count). The van der Waals surface area contributed by atoms with Crippen molar-refractivity contribution in [3.8, 4) is 0 Å². The van der Waals surface area contributed by atoms with Gasteiger partial charge in [0.2, 0.25) is 0 Å². The van der Waals surface area contributed by atoms with Crippen molar-refractivity contribution in [2.75, 3.05) is 0 Å². The first-order valence-corrected chi connectivity index (χ1v) is 5.92. The number of benzene rings is 1. The molecule has 0 heteroatoms. The molecule has 0 spiro atoms. The molecule has 0 aliphatic rings. The third-order valence-corrected chi connectivity index (χ3v) is 2.48. The van der Waals surface area contributed by atoms with E-state index in [-0.39, 0.29) is 0 Å². The van der Waals surface area contributed by atoms with Crippen LogP contribution in [0.25, 0.3) is 0 Å². The molecule has 0 amide bonds. The predicted octanol–water partition coefficient (Wildman–Crippen LogP) is 4.70. The highest BCUT2D eigenvalue weighted by molar-refractivity contribution is 5.27. The van der Waals surface area contributed by atoms with Gasteiger partial charge in [0.25, 0.3) is 0 Å². The second-order valence-electron chi connectivity index (χ2n) is 4.79. The van der Waals surface area contributed by atoms with Crippen LogP contribution in [0.3, 0.4) is 0 Å². The van der Waals surface area contributed by atoms with Crippen molar-refractivity contribution in [3.05, 3.63) is 58.7 Å². The van der Waals surface area contributed by atoms with Gasteiger partial charge < -0.3 is 0 Å². The van der Waals surface area contributed by atoms with Gasteiger partial charge in [0.15, 0.2) is 0 Å². The minimum Gasteiger partial charge on any atom is -0.0815 e. The minimum absolute atomic E-state index is 1.05. The quantitative estimate of drug-likeness (QED) is 0.637. The van der Waals surface area contributed by atoms with Crippen LogP contribution in [0.1, 0.15) is 38.8 Å². The van der Waals surface area contributed by atoms with Crippen molar-refractivity contribution in [1.82, 2.24) is 0 Å². The van der Waals surface area contributed by atoms with Crippen molar-refractivity contribution in [2.45, 2.75) is 40.5 Å². The van der Waals surface area contributed by atoms with Gasteiger partial charge in [-0.2, -0.15) is 0 Å². The summed E-state index contributed by atoms with van der Waals surface area (Å²) in [6.45, 7) is 8.58. The molecule has 1 aromatic carbocycles. The van der Waals surface area contributed by atoms with Gasteiger partial charge in [0.05, 0.1) is 0 Å². The summed E-state index contributed by atoms with van der Waals surface area (Å²) >= 11 is 0. The Morgan fingerprint density at radius 3 is 1.69 bits per heavy atom. The summed E-state index contributed by atoms with van der Waals surface area (Å²) in [7, 11) is 0. The summed E-state index contributed by atoms with van der Waals surface area (Å²) in [6, 6.07) is 8.86. The van der Waals surface area contributed by atoms with Crippen LogP contribution in [0.4, 0.5) is 0 Å². The van der Waals surface area contributed by atoms with E-state index in [4.69, 9.17) is 0 Å². The van der Waals surface area contributed by atoms with E-state index < -0.39 is 0 Å². The zero-order chi connectivity index (χ0) is 12.0. The molecule has 86 valence electrons. The fraction of sp³-hybridized carbons (Fsp3) is 0.375. The molecule has 0 N–H and O–H groups in total. The monoisotopic (exact) mass is 214 g/mol. The fourth-order valence-corrected chi connectivity index (χ4v) is 1.53. The van der Waals surface area contributed by atoms with Crippen LogP contribution in [0.2, 0.25) is 0 Å². The summed E-state index contributed by atoms with van der Waals surface area (Å²) in [5.74, 6) is 0.